The molecule has 25 heavy (non-hydrogen) atoms. The number of likely N-dealkylation sites (tertiary alicyclic amines) is 1. The fraction of sp³-hybridized carbons (Fsp3) is 0.895. The van der Waals surface area contributed by atoms with E-state index in [1.54, 1.807) is 0 Å². The van der Waals surface area contributed by atoms with Crippen LogP contribution in [0.1, 0.15) is 58.3 Å². The Bertz CT molecular complexity index is 414. The van der Waals surface area contributed by atoms with E-state index in [0.29, 0.717) is 31.5 Å². The average molecular weight is 353 g/mol. The summed E-state index contributed by atoms with van der Waals surface area (Å²) in [5, 5.41) is 6.41. The second kappa shape index (κ2) is 11.3. The summed E-state index contributed by atoms with van der Waals surface area (Å²) in [5.74, 6) is 1.72. The van der Waals surface area contributed by atoms with Crippen LogP contribution in [0.25, 0.3) is 0 Å². The zero-order chi connectivity index (χ0) is 17.9. The van der Waals surface area contributed by atoms with Gasteiger partial charge in [-0.3, -0.25) is 9.79 Å². The van der Waals surface area contributed by atoms with Crippen LogP contribution in [0.2, 0.25) is 0 Å². The molecule has 2 rings (SSSR count). The Hall–Kier alpha value is -1.30. The van der Waals surface area contributed by atoms with Crippen molar-refractivity contribution in [3.63, 3.8) is 0 Å². The zero-order valence-electron chi connectivity index (χ0n) is 16.1. The van der Waals surface area contributed by atoms with Crippen LogP contribution in [0.4, 0.5) is 0 Å². The molecular formula is C19H36N4O2. The van der Waals surface area contributed by atoms with E-state index in [4.69, 9.17) is 4.74 Å². The second-order valence-electron chi connectivity index (χ2n) is 7.17. The fourth-order valence-corrected chi connectivity index (χ4v) is 3.90. The van der Waals surface area contributed by atoms with Crippen LogP contribution in [0.3, 0.4) is 0 Å². The topological polar surface area (TPSA) is 66.0 Å². The van der Waals surface area contributed by atoms with Gasteiger partial charge >= 0.3 is 0 Å². The highest BCUT2D eigenvalue weighted by atomic mass is 16.5. The lowest BCUT2D eigenvalue weighted by molar-refractivity contribution is -0.122. The van der Waals surface area contributed by atoms with Crippen molar-refractivity contribution in [2.45, 2.75) is 64.4 Å². The molecule has 2 N–H and O–H groups in total. The Morgan fingerprint density at radius 1 is 1.08 bits per heavy atom. The Labute approximate surface area is 152 Å². The molecule has 0 bridgehead atoms. The van der Waals surface area contributed by atoms with Crippen LogP contribution in [-0.2, 0) is 9.53 Å². The van der Waals surface area contributed by atoms with Crippen molar-refractivity contribution in [3.8, 4) is 0 Å². The van der Waals surface area contributed by atoms with Gasteiger partial charge in [0.05, 0.1) is 6.10 Å². The van der Waals surface area contributed by atoms with Crippen molar-refractivity contribution in [3.05, 3.63) is 0 Å². The van der Waals surface area contributed by atoms with Crippen LogP contribution in [-0.4, -0.2) is 62.7 Å². The average Bonchev–Trinajstić information content (AvgIpc) is 2.64. The molecule has 1 aliphatic carbocycles. The molecule has 2 aliphatic rings. The third-order valence-corrected chi connectivity index (χ3v) is 5.28. The van der Waals surface area contributed by atoms with Crippen molar-refractivity contribution in [1.29, 1.82) is 0 Å². The number of nitrogens with one attached hydrogen (secondary N) is 2. The van der Waals surface area contributed by atoms with E-state index in [0.717, 1.165) is 38.5 Å². The summed E-state index contributed by atoms with van der Waals surface area (Å²) in [4.78, 5) is 18.7. The predicted molar refractivity (Wildman–Crippen MR) is 102 cm³/mol. The highest BCUT2D eigenvalue weighted by Crippen LogP contribution is 2.25. The maximum absolute atomic E-state index is 12.0. The second-order valence-corrected chi connectivity index (χ2v) is 7.17. The van der Waals surface area contributed by atoms with Gasteiger partial charge in [0.25, 0.3) is 0 Å². The Morgan fingerprint density at radius 2 is 1.76 bits per heavy atom. The maximum atomic E-state index is 12.0. The third-order valence-electron chi connectivity index (χ3n) is 5.28. The summed E-state index contributed by atoms with van der Waals surface area (Å²) in [6.07, 6.45) is 9.53. The van der Waals surface area contributed by atoms with Crippen LogP contribution in [0.5, 0.6) is 0 Å². The molecule has 1 saturated carbocycles. The number of hydrogen-bond donors (Lipinski definition) is 2. The minimum Gasteiger partial charge on any atom is -0.378 e. The molecule has 0 aromatic heterocycles. The molecule has 6 heteroatoms. The first-order valence-electron chi connectivity index (χ1n) is 10.1. The lowest BCUT2D eigenvalue weighted by Gasteiger charge is -2.34. The molecule has 0 unspecified atom stereocenters. The van der Waals surface area contributed by atoms with Gasteiger partial charge in [0, 0.05) is 46.3 Å². The summed E-state index contributed by atoms with van der Waals surface area (Å²) >= 11 is 0. The summed E-state index contributed by atoms with van der Waals surface area (Å²) < 4.78 is 5.70. The van der Waals surface area contributed by atoms with E-state index < -0.39 is 0 Å². The third kappa shape index (κ3) is 7.22. The number of rotatable bonds is 7. The van der Waals surface area contributed by atoms with Gasteiger partial charge in [-0.15, -0.1) is 0 Å². The number of guanidine groups is 1. The molecule has 2 fully saturated rings. The molecule has 1 amide bonds. The molecule has 0 aromatic rings. The van der Waals surface area contributed by atoms with E-state index in [2.05, 4.69) is 27.4 Å². The van der Waals surface area contributed by atoms with E-state index in [-0.39, 0.29) is 5.91 Å². The van der Waals surface area contributed by atoms with Crippen LogP contribution >= 0.6 is 0 Å². The molecule has 1 saturated heterocycles. The number of piperidine rings is 1. The minimum atomic E-state index is 0.196. The van der Waals surface area contributed by atoms with Crippen LogP contribution in [0, 0.1) is 5.92 Å². The van der Waals surface area contributed by atoms with Crippen LogP contribution in [0.15, 0.2) is 4.99 Å². The van der Waals surface area contributed by atoms with Crippen molar-refractivity contribution in [1.82, 2.24) is 15.5 Å². The lowest BCUT2D eigenvalue weighted by Crippen LogP contribution is -2.48. The molecule has 1 heterocycles. The molecule has 0 atom stereocenters. The van der Waals surface area contributed by atoms with Gasteiger partial charge < -0.3 is 20.3 Å². The van der Waals surface area contributed by atoms with Gasteiger partial charge in [-0.25, -0.2) is 0 Å². The Morgan fingerprint density at radius 3 is 2.40 bits per heavy atom. The summed E-state index contributed by atoms with van der Waals surface area (Å²) in [6, 6.07) is 0. The van der Waals surface area contributed by atoms with Crippen molar-refractivity contribution in [2.24, 2.45) is 10.9 Å². The molecule has 0 aromatic carbocycles. The van der Waals surface area contributed by atoms with Gasteiger partial charge in [0.1, 0.15) is 0 Å². The number of nitrogens with zero attached hydrogens (tertiary/aromatic N) is 2. The summed E-state index contributed by atoms with van der Waals surface area (Å²) in [6.45, 7) is 6.15. The maximum Gasteiger partial charge on any atom is 0.220 e. The predicted octanol–water partition coefficient (Wildman–Crippen LogP) is 2.15. The van der Waals surface area contributed by atoms with E-state index >= 15 is 0 Å². The number of aliphatic imine (C=N–C) groups is 1. The van der Waals surface area contributed by atoms with E-state index in [1.807, 2.05) is 7.05 Å². The fourth-order valence-electron chi connectivity index (χ4n) is 3.90. The van der Waals surface area contributed by atoms with Crippen molar-refractivity contribution < 1.29 is 9.53 Å². The first kappa shape index (κ1) is 20.0. The van der Waals surface area contributed by atoms with Gasteiger partial charge in [0.15, 0.2) is 5.96 Å². The Balaban J connectivity index is 1.58. The van der Waals surface area contributed by atoms with Crippen LogP contribution < -0.4 is 10.6 Å². The van der Waals surface area contributed by atoms with Crippen molar-refractivity contribution in [2.75, 3.05) is 39.8 Å². The highest BCUT2D eigenvalue weighted by Gasteiger charge is 2.21. The molecule has 144 valence electrons. The zero-order valence-corrected chi connectivity index (χ0v) is 16.1. The molecule has 0 radical (unpaired) electrons. The molecule has 6 nitrogen and oxygen atoms in total. The monoisotopic (exact) mass is 352 g/mol. The highest BCUT2D eigenvalue weighted by molar-refractivity contribution is 5.80. The van der Waals surface area contributed by atoms with Crippen molar-refractivity contribution >= 4 is 11.9 Å². The van der Waals surface area contributed by atoms with Gasteiger partial charge in [-0.05, 0) is 38.5 Å². The molecular weight excluding hydrogens is 316 g/mol. The molecule has 0 spiro atoms. The SMILES string of the molecule is CCOC1CCN(C(=NC)NCCNC(=O)CC2CCCCC2)CC1. The smallest absolute Gasteiger partial charge is 0.220 e. The summed E-state index contributed by atoms with van der Waals surface area (Å²) in [5.41, 5.74) is 0. The number of amides is 1. The molecule has 1 aliphatic heterocycles. The van der Waals surface area contributed by atoms with Gasteiger partial charge in [-0.2, -0.15) is 0 Å². The standard InChI is InChI=1S/C19H36N4O2/c1-3-25-17-9-13-23(14-10-17)19(20-2)22-12-11-21-18(24)15-16-7-5-4-6-8-16/h16-17H,3-15H2,1-2H3,(H,20,22)(H,21,24). The van der Waals surface area contributed by atoms with Gasteiger partial charge in [0.2, 0.25) is 5.91 Å². The number of ether oxygens (including phenoxy) is 1. The quantitative estimate of drug-likeness (QED) is 0.419. The van der Waals surface area contributed by atoms with Gasteiger partial charge in [-0.1, -0.05) is 19.3 Å². The Kier molecular flexibility index (Phi) is 9.08. The largest absolute Gasteiger partial charge is 0.378 e. The number of hydrogen-bond acceptors (Lipinski definition) is 3. The van der Waals surface area contributed by atoms with E-state index in [9.17, 15) is 4.79 Å². The lowest BCUT2D eigenvalue weighted by atomic mass is 9.87. The summed E-state index contributed by atoms with van der Waals surface area (Å²) in [7, 11) is 1.82. The normalized spacial score (nSPS) is 20.6. The number of carbonyl (C=O) groups is 1. The first-order valence-corrected chi connectivity index (χ1v) is 10.1. The minimum absolute atomic E-state index is 0.196. The number of carbonyl (C=O) groups excluding carboxylic acids is 1. The van der Waals surface area contributed by atoms with E-state index in [1.165, 1.54) is 32.1 Å². The first-order chi connectivity index (χ1) is 12.2.